The molecule has 0 radical (unpaired) electrons. The molecule has 0 bridgehead atoms. The first-order valence-corrected chi connectivity index (χ1v) is 26.9. The van der Waals surface area contributed by atoms with Gasteiger partial charge < -0.3 is 14.7 Å². The molecule has 0 aliphatic heterocycles. The number of allylic oxidation sites excluding steroid dienone is 9. The van der Waals surface area contributed by atoms with Gasteiger partial charge >= 0.3 is 0 Å². The summed E-state index contributed by atoms with van der Waals surface area (Å²) in [5.74, 6) is 0. The van der Waals surface area contributed by atoms with Gasteiger partial charge in [0.1, 0.15) is 0 Å². The Labute approximate surface area is 456 Å². The molecule has 4 heteroatoms. The predicted octanol–water partition coefficient (Wildman–Crippen LogP) is 22.1. The van der Waals surface area contributed by atoms with E-state index in [0.29, 0.717) is 0 Å². The van der Waals surface area contributed by atoms with Gasteiger partial charge in [0.15, 0.2) is 0 Å². The molecule has 76 heavy (non-hydrogen) atoms. The number of benzene rings is 10. The lowest BCUT2D eigenvalue weighted by molar-refractivity contribution is 1.20. The molecule has 0 N–H and O–H groups in total. The summed E-state index contributed by atoms with van der Waals surface area (Å²) in [5, 5.41) is 7.21. The second-order valence-electron chi connectivity index (χ2n) is 18.1. The molecule has 376 valence electrons. The van der Waals surface area contributed by atoms with E-state index in [2.05, 4.69) is 284 Å². The van der Waals surface area contributed by atoms with Gasteiger partial charge in [-0.2, -0.15) is 0 Å². The molecule has 0 heterocycles. The van der Waals surface area contributed by atoms with Gasteiger partial charge in [0.25, 0.3) is 0 Å². The highest BCUT2D eigenvalue weighted by Crippen LogP contribution is 2.44. The molecule has 10 rings (SSSR count). The van der Waals surface area contributed by atoms with E-state index in [1.165, 1.54) is 37.2 Å². The highest BCUT2D eigenvalue weighted by molar-refractivity contribution is 7.99. The van der Waals surface area contributed by atoms with Crippen LogP contribution in [0.25, 0.3) is 32.3 Å². The van der Waals surface area contributed by atoms with E-state index in [4.69, 9.17) is 0 Å². The summed E-state index contributed by atoms with van der Waals surface area (Å²) in [6, 6.07) is 82.9. The minimum absolute atomic E-state index is 1.01. The fourth-order valence-electron chi connectivity index (χ4n) is 9.14. The zero-order chi connectivity index (χ0) is 53.2. The van der Waals surface area contributed by atoms with Gasteiger partial charge in [-0.1, -0.05) is 214 Å². The first kappa shape index (κ1) is 53.5. The molecule has 0 fully saturated rings. The topological polar surface area (TPSA) is 9.72 Å². The highest BCUT2D eigenvalue weighted by atomic mass is 32.2. The molecule has 0 aliphatic rings. The molecule has 0 spiro atoms. The molecule has 0 saturated heterocycles. The molecule has 10 aromatic carbocycles. The second-order valence-corrected chi connectivity index (χ2v) is 19.2. The van der Waals surface area contributed by atoms with Crippen LogP contribution in [0.15, 0.2) is 313 Å². The van der Waals surface area contributed by atoms with Crippen molar-refractivity contribution in [3.05, 3.63) is 303 Å². The summed E-state index contributed by atoms with van der Waals surface area (Å²) in [7, 11) is 0. The normalized spacial score (nSPS) is 11.4. The Morgan fingerprint density at radius 2 is 0.737 bits per heavy atom. The van der Waals surface area contributed by atoms with E-state index >= 15 is 0 Å². The third-order valence-electron chi connectivity index (χ3n) is 12.6. The van der Waals surface area contributed by atoms with Crippen molar-refractivity contribution < 1.29 is 0 Å². The van der Waals surface area contributed by atoms with Crippen molar-refractivity contribution in [3.63, 3.8) is 0 Å². The van der Waals surface area contributed by atoms with Crippen LogP contribution in [-0.4, -0.2) is 0 Å². The van der Waals surface area contributed by atoms with Crippen LogP contribution in [0, 0.1) is 0 Å². The SMILES string of the molecule is C=C(C)/C=C\C(=C/C)N(c1ccc(Sc2ccc(N(c3ccc(N(c4ccccc4)c4cccc5ccccc45)cc3)c3cccc4ccccc34)cc2)cc1)c1cccc2ccccc12.C=C(C)/C=C\C=C/C.CC. The van der Waals surface area contributed by atoms with Crippen LogP contribution >= 0.6 is 11.8 Å². The highest BCUT2D eigenvalue weighted by Gasteiger charge is 2.20. The van der Waals surface area contributed by atoms with Crippen molar-refractivity contribution in [1.29, 1.82) is 0 Å². The van der Waals surface area contributed by atoms with Gasteiger partial charge in [-0.05, 0) is 153 Å². The molecule has 0 atom stereocenters. The van der Waals surface area contributed by atoms with Gasteiger partial charge in [0, 0.05) is 60.1 Å². The van der Waals surface area contributed by atoms with Crippen molar-refractivity contribution in [2.75, 3.05) is 14.7 Å². The van der Waals surface area contributed by atoms with Crippen LogP contribution in [0.4, 0.5) is 45.5 Å². The number of anilines is 8. The summed E-state index contributed by atoms with van der Waals surface area (Å²) < 4.78 is 0. The average molecular weight is 1010 g/mol. The maximum Gasteiger partial charge on any atom is 0.0540 e. The quantitative estimate of drug-likeness (QED) is 0.0947. The van der Waals surface area contributed by atoms with E-state index in [-0.39, 0.29) is 0 Å². The van der Waals surface area contributed by atoms with Gasteiger partial charge in [0.2, 0.25) is 0 Å². The maximum atomic E-state index is 4.12. The van der Waals surface area contributed by atoms with E-state index < -0.39 is 0 Å². The van der Waals surface area contributed by atoms with Crippen LogP contribution in [0.1, 0.15) is 41.5 Å². The smallest absolute Gasteiger partial charge is 0.0540 e. The lowest BCUT2D eigenvalue weighted by atomic mass is 10.1. The monoisotopic (exact) mass is 1010 g/mol. The largest absolute Gasteiger partial charge is 0.310 e. The third kappa shape index (κ3) is 12.9. The number of fused-ring (bicyclic) bond motifs is 3. The average Bonchev–Trinajstić information content (AvgIpc) is 3.46. The first-order chi connectivity index (χ1) is 37.3. The Bertz CT molecular complexity index is 3640. The Morgan fingerprint density at radius 1 is 0.368 bits per heavy atom. The summed E-state index contributed by atoms with van der Waals surface area (Å²) in [6.45, 7) is 19.9. The van der Waals surface area contributed by atoms with E-state index in [0.717, 1.165) is 67.2 Å². The van der Waals surface area contributed by atoms with Gasteiger partial charge in [-0.15, -0.1) is 0 Å². The van der Waals surface area contributed by atoms with E-state index in [1.54, 1.807) is 11.8 Å². The van der Waals surface area contributed by atoms with Crippen molar-refractivity contribution in [1.82, 2.24) is 0 Å². The van der Waals surface area contributed by atoms with Crippen molar-refractivity contribution >= 4 is 89.6 Å². The summed E-state index contributed by atoms with van der Waals surface area (Å²) in [5.41, 5.74) is 12.0. The number of hydrogen-bond donors (Lipinski definition) is 0. The van der Waals surface area contributed by atoms with Crippen LogP contribution in [0.2, 0.25) is 0 Å². The summed E-state index contributed by atoms with van der Waals surface area (Å²) in [6.07, 6.45) is 14.3. The number of para-hydroxylation sites is 1. The van der Waals surface area contributed by atoms with Crippen LogP contribution < -0.4 is 14.7 Å². The Kier molecular flexibility index (Phi) is 18.6. The molecule has 10 aromatic rings. The van der Waals surface area contributed by atoms with Crippen LogP contribution in [0.5, 0.6) is 0 Å². The number of rotatable bonds is 15. The Hall–Kier alpha value is -8.83. The number of nitrogens with zero attached hydrogens (tertiary/aromatic N) is 3. The second kappa shape index (κ2) is 26.4. The van der Waals surface area contributed by atoms with Gasteiger partial charge in [-0.25, -0.2) is 0 Å². The number of hydrogen-bond acceptors (Lipinski definition) is 4. The summed E-state index contributed by atoms with van der Waals surface area (Å²) in [4.78, 5) is 9.40. The zero-order valence-corrected chi connectivity index (χ0v) is 45.5. The fraction of sp³-hybridized carbons (Fsp3) is 0.0833. The lowest BCUT2D eigenvalue weighted by Crippen LogP contribution is -2.15. The standard InChI is InChI=1S/C62H49N3S.C8H12.C2H6/c1-4-49(32-31-45(2)3)63(60-28-14-20-46-17-8-11-25-57(46)60)53-37-41-55(42-38-53)66-56-43-39-54(40-44-56)65(62-30-16-22-48-19-10-13-27-59(48)62)52-35-33-51(34-36-52)64(50-23-6-5-7-24-50)61-29-15-21-47-18-9-12-26-58(47)61;1-4-5-6-7-8(2)3;1-2/h4-44H,2H2,1,3H3;4-7H,2H2,1,3H3;1-2H3/b32-31-,49-4+;5-4-,7-6-;. The Balaban J connectivity index is 0.000000702. The lowest BCUT2D eigenvalue weighted by Gasteiger charge is -2.29. The Morgan fingerprint density at radius 3 is 1.17 bits per heavy atom. The van der Waals surface area contributed by atoms with E-state index in [9.17, 15) is 0 Å². The van der Waals surface area contributed by atoms with Crippen molar-refractivity contribution in [2.45, 2.75) is 51.3 Å². The van der Waals surface area contributed by atoms with E-state index in [1.807, 2.05) is 58.9 Å². The predicted molar refractivity (Wildman–Crippen MR) is 335 cm³/mol. The van der Waals surface area contributed by atoms with Gasteiger partial charge in [0.05, 0.1) is 17.1 Å². The van der Waals surface area contributed by atoms with Gasteiger partial charge in [-0.3, -0.25) is 0 Å². The molecule has 0 unspecified atom stereocenters. The molecule has 3 nitrogen and oxygen atoms in total. The molecular weight excluding hydrogens is 939 g/mol. The summed E-state index contributed by atoms with van der Waals surface area (Å²) >= 11 is 1.77. The molecular formula is C72H67N3S. The fourth-order valence-corrected chi connectivity index (χ4v) is 9.96. The molecule has 0 amide bonds. The molecule has 0 aliphatic carbocycles. The third-order valence-corrected chi connectivity index (χ3v) is 13.6. The first-order valence-electron chi connectivity index (χ1n) is 26.1. The van der Waals surface area contributed by atoms with Crippen molar-refractivity contribution in [3.8, 4) is 0 Å². The molecule has 0 aromatic heterocycles. The maximum absolute atomic E-state index is 4.12. The minimum atomic E-state index is 1.01. The van der Waals surface area contributed by atoms with Crippen LogP contribution in [-0.2, 0) is 0 Å². The van der Waals surface area contributed by atoms with Crippen LogP contribution in [0.3, 0.4) is 0 Å². The molecule has 0 saturated carbocycles. The minimum Gasteiger partial charge on any atom is -0.310 e. The van der Waals surface area contributed by atoms with Crippen molar-refractivity contribution in [2.24, 2.45) is 0 Å². The zero-order valence-electron chi connectivity index (χ0n) is 44.6.